The van der Waals surface area contributed by atoms with Crippen LogP contribution in [0.25, 0.3) is 0 Å². The monoisotopic (exact) mass is 373 g/mol. The van der Waals surface area contributed by atoms with E-state index >= 15 is 0 Å². The van der Waals surface area contributed by atoms with Crippen LogP contribution in [0.2, 0.25) is 0 Å². The summed E-state index contributed by atoms with van der Waals surface area (Å²) in [6, 6.07) is 9.84. The van der Waals surface area contributed by atoms with Gasteiger partial charge in [0.1, 0.15) is 6.54 Å². The van der Waals surface area contributed by atoms with Crippen LogP contribution >= 0.6 is 0 Å². The van der Waals surface area contributed by atoms with Crippen LogP contribution in [0.1, 0.15) is 38.7 Å². The Balaban J connectivity index is 1.63. The number of rotatable bonds is 6. The number of hydrogen-bond acceptors (Lipinski definition) is 4. The molecule has 0 saturated carbocycles. The molecule has 2 saturated heterocycles. The van der Waals surface area contributed by atoms with Crippen LogP contribution < -0.4 is 10.6 Å². The molecule has 0 bridgehead atoms. The van der Waals surface area contributed by atoms with Crippen molar-refractivity contribution in [1.29, 1.82) is 0 Å². The summed E-state index contributed by atoms with van der Waals surface area (Å²) in [6.07, 6.45) is 2.53. The second-order valence-corrected chi connectivity index (χ2v) is 7.92. The number of imide groups is 1. The first-order valence-electron chi connectivity index (χ1n) is 9.36. The maximum Gasteiger partial charge on any atom is 0.325 e. The van der Waals surface area contributed by atoms with E-state index in [-0.39, 0.29) is 35.9 Å². The summed E-state index contributed by atoms with van der Waals surface area (Å²) in [4.78, 5) is 36.3. The molecule has 146 valence electrons. The van der Waals surface area contributed by atoms with Crippen molar-refractivity contribution in [1.82, 2.24) is 15.5 Å². The summed E-state index contributed by atoms with van der Waals surface area (Å²) in [6.45, 7) is 5.07. The minimum absolute atomic E-state index is 0.0433. The molecule has 0 spiro atoms. The van der Waals surface area contributed by atoms with Crippen molar-refractivity contribution in [3.63, 3.8) is 0 Å². The molecular weight excluding hydrogens is 346 g/mol. The molecule has 0 radical (unpaired) electrons. The number of carbonyl (C=O) groups is 3. The smallest absolute Gasteiger partial charge is 0.325 e. The Morgan fingerprint density at radius 2 is 2.00 bits per heavy atom. The van der Waals surface area contributed by atoms with Gasteiger partial charge >= 0.3 is 6.03 Å². The molecule has 2 aliphatic heterocycles. The number of carbonyl (C=O) groups excluding carboxylic acids is 3. The Bertz CT molecular complexity index is 703. The van der Waals surface area contributed by atoms with Crippen LogP contribution in [-0.2, 0) is 19.7 Å². The predicted molar refractivity (Wildman–Crippen MR) is 100 cm³/mol. The zero-order valence-electron chi connectivity index (χ0n) is 15.9. The number of amides is 4. The topological polar surface area (TPSA) is 87.7 Å². The Kier molecular flexibility index (Phi) is 5.51. The first-order chi connectivity index (χ1) is 12.8. The van der Waals surface area contributed by atoms with Gasteiger partial charge in [0.2, 0.25) is 5.91 Å². The number of nitrogens with one attached hydrogen (secondary N) is 2. The van der Waals surface area contributed by atoms with Crippen molar-refractivity contribution in [3.05, 3.63) is 35.9 Å². The van der Waals surface area contributed by atoms with Crippen molar-refractivity contribution in [2.45, 2.75) is 44.1 Å². The lowest BCUT2D eigenvalue weighted by atomic mass is 9.67. The lowest BCUT2D eigenvalue weighted by Gasteiger charge is -2.45. The highest BCUT2D eigenvalue weighted by Crippen LogP contribution is 2.43. The molecule has 0 aliphatic carbocycles. The van der Waals surface area contributed by atoms with Crippen LogP contribution in [0.3, 0.4) is 0 Å². The van der Waals surface area contributed by atoms with Gasteiger partial charge in [-0.25, -0.2) is 4.79 Å². The largest absolute Gasteiger partial charge is 0.376 e. The fourth-order valence-electron chi connectivity index (χ4n) is 4.13. The highest BCUT2D eigenvalue weighted by molar-refractivity contribution is 6.04. The zero-order chi connectivity index (χ0) is 19.5. The summed E-state index contributed by atoms with van der Waals surface area (Å²) in [5, 5.41) is 5.28. The highest BCUT2D eigenvalue weighted by Gasteiger charge is 2.41. The van der Waals surface area contributed by atoms with Crippen molar-refractivity contribution in [2.24, 2.45) is 0 Å². The van der Waals surface area contributed by atoms with Gasteiger partial charge in [0, 0.05) is 18.6 Å². The summed E-state index contributed by atoms with van der Waals surface area (Å²) >= 11 is 0. The van der Waals surface area contributed by atoms with Crippen LogP contribution in [0.5, 0.6) is 0 Å². The molecule has 4 amide bonds. The van der Waals surface area contributed by atoms with E-state index in [1.807, 2.05) is 18.2 Å². The SMILES string of the molecule is CC1(C)C[C@@](CCNC(=O)CN2C(=O)CNC2=O)(c2ccccc2)CCO1. The van der Waals surface area contributed by atoms with Gasteiger partial charge in [0.15, 0.2) is 0 Å². The quantitative estimate of drug-likeness (QED) is 0.741. The molecule has 2 heterocycles. The summed E-state index contributed by atoms with van der Waals surface area (Å²) in [5.74, 6) is -0.697. The van der Waals surface area contributed by atoms with Gasteiger partial charge in [0.05, 0.1) is 12.1 Å². The normalized spacial score (nSPS) is 24.6. The van der Waals surface area contributed by atoms with Crippen molar-refractivity contribution in [2.75, 3.05) is 26.2 Å². The summed E-state index contributed by atoms with van der Waals surface area (Å²) in [5.41, 5.74) is 0.958. The van der Waals surface area contributed by atoms with Gasteiger partial charge in [-0.3, -0.25) is 14.5 Å². The van der Waals surface area contributed by atoms with Crippen molar-refractivity contribution >= 4 is 17.8 Å². The molecule has 2 fully saturated rings. The third-order valence-corrected chi connectivity index (χ3v) is 5.39. The predicted octanol–water partition coefficient (Wildman–Crippen LogP) is 1.57. The fourth-order valence-corrected chi connectivity index (χ4v) is 4.13. The number of nitrogens with zero attached hydrogens (tertiary/aromatic N) is 1. The Labute approximate surface area is 159 Å². The molecule has 0 aromatic heterocycles. The lowest BCUT2D eigenvalue weighted by Crippen LogP contribution is -2.46. The minimum Gasteiger partial charge on any atom is -0.376 e. The summed E-state index contributed by atoms with van der Waals surface area (Å²) in [7, 11) is 0. The molecule has 0 unspecified atom stereocenters. The van der Waals surface area contributed by atoms with Crippen LogP contribution in [-0.4, -0.2) is 54.6 Å². The van der Waals surface area contributed by atoms with E-state index in [0.29, 0.717) is 13.2 Å². The fraction of sp³-hybridized carbons (Fsp3) is 0.550. The molecule has 1 aromatic carbocycles. The van der Waals surface area contributed by atoms with Gasteiger partial charge in [0.25, 0.3) is 5.91 Å². The maximum atomic E-state index is 12.2. The van der Waals surface area contributed by atoms with Gasteiger partial charge in [-0.1, -0.05) is 30.3 Å². The molecule has 1 atom stereocenters. The zero-order valence-corrected chi connectivity index (χ0v) is 15.9. The second kappa shape index (κ2) is 7.68. The molecule has 7 heteroatoms. The first-order valence-corrected chi connectivity index (χ1v) is 9.36. The number of urea groups is 1. The third kappa shape index (κ3) is 4.47. The average Bonchev–Trinajstić information content (AvgIpc) is 2.93. The lowest BCUT2D eigenvalue weighted by molar-refractivity contribution is -0.130. The maximum absolute atomic E-state index is 12.2. The Morgan fingerprint density at radius 3 is 2.63 bits per heavy atom. The van der Waals surface area contributed by atoms with Crippen LogP contribution in [0.15, 0.2) is 30.3 Å². The van der Waals surface area contributed by atoms with E-state index in [4.69, 9.17) is 4.74 Å². The molecule has 1 aromatic rings. The van der Waals surface area contributed by atoms with Crippen molar-refractivity contribution < 1.29 is 19.1 Å². The van der Waals surface area contributed by atoms with E-state index in [2.05, 4.69) is 36.6 Å². The Hall–Kier alpha value is -2.41. The Morgan fingerprint density at radius 1 is 1.26 bits per heavy atom. The van der Waals surface area contributed by atoms with E-state index < -0.39 is 6.03 Å². The van der Waals surface area contributed by atoms with Gasteiger partial charge in [-0.2, -0.15) is 0 Å². The van der Waals surface area contributed by atoms with Gasteiger partial charge in [-0.05, 0) is 38.7 Å². The third-order valence-electron chi connectivity index (χ3n) is 5.39. The molecule has 3 rings (SSSR count). The van der Waals surface area contributed by atoms with Crippen molar-refractivity contribution in [3.8, 4) is 0 Å². The number of ether oxygens (including phenoxy) is 1. The van der Waals surface area contributed by atoms with E-state index in [1.165, 1.54) is 5.56 Å². The molecular formula is C20H27N3O4. The number of benzene rings is 1. The minimum atomic E-state index is -0.512. The molecule has 2 N–H and O–H groups in total. The van der Waals surface area contributed by atoms with Gasteiger partial charge in [-0.15, -0.1) is 0 Å². The van der Waals surface area contributed by atoms with Crippen LogP contribution in [0, 0.1) is 0 Å². The first kappa shape index (κ1) is 19.4. The van der Waals surface area contributed by atoms with Gasteiger partial charge < -0.3 is 15.4 Å². The highest BCUT2D eigenvalue weighted by atomic mass is 16.5. The number of hydrogen-bond donors (Lipinski definition) is 2. The average molecular weight is 373 g/mol. The second-order valence-electron chi connectivity index (χ2n) is 7.92. The molecule has 2 aliphatic rings. The van der Waals surface area contributed by atoms with E-state index in [1.54, 1.807) is 0 Å². The van der Waals surface area contributed by atoms with E-state index in [0.717, 1.165) is 24.2 Å². The van der Waals surface area contributed by atoms with Crippen LogP contribution in [0.4, 0.5) is 4.79 Å². The van der Waals surface area contributed by atoms with E-state index in [9.17, 15) is 14.4 Å². The summed E-state index contributed by atoms with van der Waals surface area (Å²) < 4.78 is 5.91. The standard InChI is InChI=1S/C20H27N3O4/c1-19(2)14-20(9-11-27-19,15-6-4-3-5-7-15)8-10-21-16(24)13-23-17(25)12-22-18(23)26/h3-7H,8-14H2,1-2H3,(H,21,24)(H,22,26)/t20-/m0/s1. The molecule has 27 heavy (non-hydrogen) atoms. The molecule has 7 nitrogen and oxygen atoms in total.